The number of nitrogens with zero attached hydrogens (tertiary/aromatic N) is 1. The van der Waals surface area contributed by atoms with Gasteiger partial charge in [0.1, 0.15) is 0 Å². The molecule has 2 aromatic rings. The number of para-hydroxylation sites is 1. The number of Topliss-reactive ketones (excluding diaryl/α,β-unsaturated/α-hetero) is 1. The van der Waals surface area contributed by atoms with Gasteiger partial charge in [-0.1, -0.05) is 29.8 Å². The number of benzene rings is 2. The molecule has 0 amide bonds. The lowest BCUT2D eigenvalue weighted by Gasteiger charge is -2.23. The molecule has 23 heavy (non-hydrogen) atoms. The zero-order valence-corrected chi connectivity index (χ0v) is 14.8. The molecule has 0 spiro atoms. The Hall–Kier alpha value is -1.92. The van der Waals surface area contributed by atoms with Gasteiger partial charge in [-0.2, -0.15) is 0 Å². The Kier molecular flexibility index (Phi) is 4.12. The second-order valence-electron chi connectivity index (χ2n) is 5.25. The van der Waals surface area contributed by atoms with E-state index in [0.717, 1.165) is 5.56 Å². The molecule has 1 aliphatic heterocycles. The average molecular weight is 392 g/mol. The van der Waals surface area contributed by atoms with Gasteiger partial charge in [-0.3, -0.25) is 9.10 Å². The van der Waals surface area contributed by atoms with E-state index >= 15 is 0 Å². The normalized spacial score (nSPS) is 15.0. The number of rotatable bonds is 2. The lowest BCUT2D eigenvalue weighted by Crippen LogP contribution is -2.31. The van der Waals surface area contributed by atoms with E-state index in [0.29, 0.717) is 15.7 Å². The van der Waals surface area contributed by atoms with Crippen molar-refractivity contribution in [1.29, 1.82) is 0 Å². The summed E-state index contributed by atoms with van der Waals surface area (Å²) in [7, 11) is -3.75. The first-order chi connectivity index (χ1) is 10.9. The highest BCUT2D eigenvalue weighted by Crippen LogP contribution is 2.32. The number of carbonyl (C=O) groups excluding carboxylic acids is 1. The average Bonchev–Trinajstić information content (AvgIpc) is 2.66. The van der Waals surface area contributed by atoms with Crippen molar-refractivity contribution in [3.05, 3.63) is 70.2 Å². The predicted octanol–water partition coefficient (Wildman–Crippen LogP) is 3.67. The number of allylic oxidation sites excluding steroid dienone is 1. The number of carbonyl (C=O) groups is 1. The molecule has 0 N–H and O–H groups in total. The van der Waals surface area contributed by atoms with Gasteiger partial charge < -0.3 is 0 Å². The highest BCUT2D eigenvalue weighted by molar-refractivity contribution is 9.12. The molecule has 0 unspecified atom stereocenters. The Morgan fingerprint density at radius 2 is 1.70 bits per heavy atom. The van der Waals surface area contributed by atoms with Crippen molar-refractivity contribution in [1.82, 2.24) is 0 Å². The Morgan fingerprint density at radius 1 is 1.04 bits per heavy atom. The zero-order valence-electron chi connectivity index (χ0n) is 12.4. The molecule has 0 bridgehead atoms. The van der Waals surface area contributed by atoms with E-state index in [4.69, 9.17) is 0 Å². The standard InChI is InChI=1S/C17H14BrNO3S/c1-12-6-8-13(9-7-12)23(21,22)19-11-10-15(18)17(20)14-4-2-3-5-16(14)19/h2-10H,11H2,1H3. The van der Waals surface area contributed by atoms with Gasteiger partial charge in [0, 0.05) is 5.56 Å². The van der Waals surface area contributed by atoms with E-state index in [1.807, 2.05) is 6.92 Å². The number of halogens is 1. The summed E-state index contributed by atoms with van der Waals surface area (Å²) in [4.78, 5) is 12.6. The van der Waals surface area contributed by atoms with Gasteiger partial charge >= 0.3 is 0 Å². The maximum absolute atomic E-state index is 13.0. The van der Waals surface area contributed by atoms with Crippen LogP contribution in [0.5, 0.6) is 0 Å². The number of hydrogen-bond donors (Lipinski definition) is 0. The van der Waals surface area contributed by atoms with Crippen LogP contribution < -0.4 is 4.31 Å². The van der Waals surface area contributed by atoms with Gasteiger partial charge in [0.15, 0.2) is 0 Å². The Balaban J connectivity index is 2.17. The number of sulfonamides is 1. The minimum atomic E-state index is -3.75. The van der Waals surface area contributed by atoms with Crippen LogP contribution in [-0.4, -0.2) is 20.7 Å². The van der Waals surface area contributed by atoms with Gasteiger partial charge in [0.25, 0.3) is 10.0 Å². The minimum Gasteiger partial charge on any atom is -0.288 e. The first kappa shape index (κ1) is 16.0. The first-order valence-electron chi connectivity index (χ1n) is 7.00. The van der Waals surface area contributed by atoms with Crippen LogP contribution in [0.4, 0.5) is 5.69 Å². The maximum atomic E-state index is 13.0. The summed E-state index contributed by atoms with van der Waals surface area (Å²) in [5.41, 5.74) is 1.74. The van der Waals surface area contributed by atoms with Crippen molar-refractivity contribution in [2.75, 3.05) is 10.8 Å². The summed E-state index contributed by atoms with van der Waals surface area (Å²) in [5.74, 6) is -0.220. The van der Waals surface area contributed by atoms with Crippen LogP contribution >= 0.6 is 15.9 Å². The summed E-state index contributed by atoms with van der Waals surface area (Å²) in [6.45, 7) is 2.00. The molecule has 118 valence electrons. The summed E-state index contributed by atoms with van der Waals surface area (Å²) in [5, 5.41) is 0. The number of anilines is 1. The molecule has 1 heterocycles. The number of ketones is 1. The van der Waals surface area contributed by atoms with Crippen LogP contribution in [0.25, 0.3) is 0 Å². The molecule has 6 heteroatoms. The zero-order chi connectivity index (χ0) is 16.6. The van der Waals surface area contributed by atoms with E-state index in [1.54, 1.807) is 54.6 Å². The molecule has 0 atom stereocenters. The molecule has 3 rings (SSSR count). The van der Waals surface area contributed by atoms with Gasteiger partial charge in [0.2, 0.25) is 5.78 Å². The van der Waals surface area contributed by atoms with Crippen LogP contribution in [0, 0.1) is 6.92 Å². The van der Waals surface area contributed by atoms with Crippen LogP contribution in [0.15, 0.2) is 64.0 Å². The minimum absolute atomic E-state index is 0.0968. The summed E-state index contributed by atoms with van der Waals surface area (Å²) in [6.07, 6.45) is 1.58. The molecule has 0 fully saturated rings. The van der Waals surface area contributed by atoms with Crippen molar-refractivity contribution in [3.63, 3.8) is 0 Å². The number of fused-ring (bicyclic) bond motifs is 1. The third kappa shape index (κ3) is 2.84. The van der Waals surface area contributed by atoms with Crippen LogP contribution in [0.3, 0.4) is 0 Å². The largest absolute Gasteiger partial charge is 0.288 e. The Labute approximate surface area is 143 Å². The van der Waals surface area contributed by atoms with Gasteiger partial charge in [-0.25, -0.2) is 8.42 Å². The molecule has 1 aliphatic rings. The maximum Gasteiger partial charge on any atom is 0.264 e. The van der Waals surface area contributed by atoms with Gasteiger partial charge in [-0.15, -0.1) is 0 Å². The van der Waals surface area contributed by atoms with Gasteiger partial charge in [0.05, 0.1) is 21.6 Å². The smallest absolute Gasteiger partial charge is 0.264 e. The molecule has 0 radical (unpaired) electrons. The van der Waals surface area contributed by atoms with Crippen molar-refractivity contribution >= 4 is 37.4 Å². The molecule has 0 saturated heterocycles. The summed E-state index contributed by atoms with van der Waals surface area (Å²) < 4.78 is 27.6. The quantitative estimate of drug-likeness (QED) is 0.784. The molecule has 0 aromatic heterocycles. The summed E-state index contributed by atoms with van der Waals surface area (Å²) >= 11 is 3.22. The lowest BCUT2D eigenvalue weighted by molar-refractivity contribution is 0.104. The highest BCUT2D eigenvalue weighted by atomic mass is 79.9. The number of hydrogen-bond acceptors (Lipinski definition) is 3. The second kappa shape index (κ2) is 5.94. The predicted molar refractivity (Wildman–Crippen MR) is 93.5 cm³/mol. The van der Waals surface area contributed by atoms with E-state index < -0.39 is 10.0 Å². The van der Waals surface area contributed by atoms with Crippen molar-refractivity contribution in [2.24, 2.45) is 0 Å². The molecule has 2 aromatic carbocycles. The van der Waals surface area contributed by atoms with Gasteiger partial charge in [-0.05, 0) is 53.2 Å². The molecule has 0 saturated carbocycles. The molecule has 4 nitrogen and oxygen atoms in total. The fourth-order valence-electron chi connectivity index (χ4n) is 2.43. The monoisotopic (exact) mass is 391 g/mol. The van der Waals surface area contributed by atoms with Crippen LogP contribution in [0.1, 0.15) is 15.9 Å². The molecular weight excluding hydrogens is 378 g/mol. The van der Waals surface area contributed by atoms with Crippen molar-refractivity contribution in [2.45, 2.75) is 11.8 Å². The highest BCUT2D eigenvalue weighted by Gasteiger charge is 2.30. The fourth-order valence-corrected chi connectivity index (χ4v) is 4.21. The molecular formula is C17H14BrNO3S. The first-order valence-corrected chi connectivity index (χ1v) is 9.23. The van der Waals surface area contributed by atoms with Crippen LogP contribution in [0.2, 0.25) is 0 Å². The van der Waals surface area contributed by atoms with E-state index in [2.05, 4.69) is 15.9 Å². The van der Waals surface area contributed by atoms with E-state index in [1.165, 1.54) is 4.31 Å². The lowest BCUT2D eigenvalue weighted by atomic mass is 10.1. The molecule has 0 aliphatic carbocycles. The van der Waals surface area contributed by atoms with E-state index in [9.17, 15) is 13.2 Å². The van der Waals surface area contributed by atoms with Crippen molar-refractivity contribution < 1.29 is 13.2 Å². The Morgan fingerprint density at radius 3 is 2.39 bits per heavy atom. The van der Waals surface area contributed by atoms with Crippen molar-refractivity contribution in [3.8, 4) is 0 Å². The Bertz CT molecular complexity index is 902. The van der Waals surface area contributed by atoms with Crippen LogP contribution in [-0.2, 0) is 10.0 Å². The van der Waals surface area contributed by atoms with E-state index in [-0.39, 0.29) is 17.2 Å². The number of aryl methyl sites for hydroxylation is 1. The fraction of sp³-hybridized carbons (Fsp3) is 0.118. The third-order valence-electron chi connectivity index (χ3n) is 3.68. The summed E-state index contributed by atoms with van der Waals surface area (Å²) in [6, 6.07) is 13.4. The third-order valence-corrected chi connectivity index (χ3v) is 6.16. The topological polar surface area (TPSA) is 54.5 Å². The second-order valence-corrected chi connectivity index (χ2v) is 7.96. The SMILES string of the molecule is Cc1ccc(S(=O)(=O)N2CC=C(Br)C(=O)c3ccccc32)cc1.